The largest absolute Gasteiger partial charge is 0.355 e. The molecule has 0 aliphatic carbocycles. The maximum absolute atomic E-state index is 12.3. The van der Waals surface area contributed by atoms with E-state index >= 15 is 0 Å². The van der Waals surface area contributed by atoms with E-state index in [1.54, 1.807) is 9.80 Å². The van der Waals surface area contributed by atoms with Gasteiger partial charge in [-0.1, -0.05) is 0 Å². The molecule has 2 fully saturated rings. The summed E-state index contributed by atoms with van der Waals surface area (Å²) in [6.45, 7) is 2.10. The molecule has 7 nitrogen and oxygen atoms in total. The van der Waals surface area contributed by atoms with Crippen LogP contribution in [-0.2, 0) is 14.4 Å². The fourth-order valence-corrected chi connectivity index (χ4v) is 3.47. The second kappa shape index (κ2) is 7.65. The molecule has 0 bridgehead atoms. The fraction of sp³-hybridized carbons (Fsp3) is 0.769. The number of likely N-dealkylation sites (tertiary alicyclic amines) is 1. The summed E-state index contributed by atoms with van der Waals surface area (Å²) in [6, 6.07) is 0. The average Bonchev–Trinajstić information content (AvgIpc) is 2.90. The number of rotatable bonds is 5. The minimum atomic E-state index is -0.169. The zero-order chi connectivity index (χ0) is 15.2. The highest BCUT2D eigenvalue weighted by atomic mass is 32.2. The highest BCUT2D eigenvalue weighted by Crippen LogP contribution is 2.19. The van der Waals surface area contributed by atoms with Crippen molar-refractivity contribution in [2.45, 2.75) is 12.8 Å². The van der Waals surface area contributed by atoms with E-state index in [2.05, 4.69) is 5.32 Å². The van der Waals surface area contributed by atoms with Crippen molar-refractivity contribution in [2.24, 2.45) is 11.7 Å². The number of nitrogens with one attached hydrogen (secondary N) is 1. The molecular weight excluding hydrogens is 292 g/mol. The maximum Gasteiger partial charge on any atom is 0.242 e. The van der Waals surface area contributed by atoms with Gasteiger partial charge in [0, 0.05) is 26.2 Å². The number of nitrogens with two attached hydrogens (primary N) is 1. The molecule has 0 aromatic rings. The molecule has 2 aliphatic heterocycles. The van der Waals surface area contributed by atoms with Crippen molar-refractivity contribution in [3.8, 4) is 0 Å². The summed E-state index contributed by atoms with van der Waals surface area (Å²) in [7, 11) is 0. The predicted molar refractivity (Wildman–Crippen MR) is 80.4 cm³/mol. The van der Waals surface area contributed by atoms with E-state index in [9.17, 15) is 14.4 Å². The van der Waals surface area contributed by atoms with E-state index in [4.69, 9.17) is 5.73 Å². The van der Waals surface area contributed by atoms with Gasteiger partial charge >= 0.3 is 0 Å². The third-order valence-electron chi connectivity index (χ3n) is 3.74. The third-order valence-corrected chi connectivity index (χ3v) is 4.69. The van der Waals surface area contributed by atoms with Crippen molar-refractivity contribution in [3.63, 3.8) is 0 Å². The van der Waals surface area contributed by atoms with Crippen LogP contribution in [0.2, 0.25) is 0 Å². The summed E-state index contributed by atoms with van der Waals surface area (Å²) in [4.78, 5) is 39.0. The topological polar surface area (TPSA) is 95.7 Å². The Hall–Kier alpha value is -1.28. The number of thioether (sulfide) groups is 1. The molecule has 3 amide bonds. The van der Waals surface area contributed by atoms with Gasteiger partial charge in [0.05, 0.1) is 17.5 Å². The van der Waals surface area contributed by atoms with E-state index in [1.807, 2.05) is 0 Å². The van der Waals surface area contributed by atoms with Gasteiger partial charge in [0.2, 0.25) is 17.7 Å². The number of piperidine rings is 1. The second-order valence-electron chi connectivity index (χ2n) is 5.33. The van der Waals surface area contributed by atoms with Crippen molar-refractivity contribution < 1.29 is 14.4 Å². The molecule has 21 heavy (non-hydrogen) atoms. The number of hydrogen-bond donors (Lipinski definition) is 2. The molecule has 0 saturated carbocycles. The summed E-state index contributed by atoms with van der Waals surface area (Å²) in [5.74, 6) is 0.782. The molecular formula is C13H22N4O3S. The Balaban J connectivity index is 1.83. The molecule has 2 rings (SSSR count). The minimum Gasteiger partial charge on any atom is -0.355 e. The van der Waals surface area contributed by atoms with Crippen LogP contribution in [0.3, 0.4) is 0 Å². The summed E-state index contributed by atoms with van der Waals surface area (Å²) < 4.78 is 0. The van der Waals surface area contributed by atoms with Gasteiger partial charge in [-0.25, -0.2) is 0 Å². The molecule has 8 heteroatoms. The normalized spacial score (nSPS) is 22.5. The SMILES string of the molecule is NCCNC(=O)C1CCCN(C(=O)CN2CSCC2=O)C1. The molecule has 0 radical (unpaired) electrons. The van der Waals surface area contributed by atoms with Crippen molar-refractivity contribution in [2.75, 3.05) is 44.4 Å². The maximum atomic E-state index is 12.3. The van der Waals surface area contributed by atoms with Gasteiger partial charge in [0.1, 0.15) is 6.54 Å². The lowest BCUT2D eigenvalue weighted by atomic mass is 9.97. The van der Waals surface area contributed by atoms with Gasteiger partial charge in [0.15, 0.2) is 0 Å². The van der Waals surface area contributed by atoms with Crippen LogP contribution < -0.4 is 11.1 Å². The standard InChI is InChI=1S/C13H22N4O3S/c14-3-4-15-13(20)10-2-1-5-16(6-10)11(18)7-17-9-21-8-12(17)19/h10H,1-9,14H2,(H,15,20). The van der Waals surface area contributed by atoms with Gasteiger partial charge in [-0.2, -0.15) is 0 Å². The van der Waals surface area contributed by atoms with Crippen molar-refractivity contribution in [3.05, 3.63) is 0 Å². The van der Waals surface area contributed by atoms with Crippen LogP contribution >= 0.6 is 11.8 Å². The smallest absolute Gasteiger partial charge is 0.242 e. The second-order valence-corrected chi connectivity index (χ2v) is 6.28. The molecule has 2 heterocycles. The van der Waals surface area contributed by atoms with E-state index < -0.39 is 0 Å². The van der Waals surface area contributed by atoms with Crippen LogP contribution in [-0.4, -0.2) is 71.9 Å². The molecule has 2 saturated heterocycles. The Kier molecular flexibility index (Phi) is 5.86. The number of hydrogen-bond acceptors (Lipinski definition) is 5. The third kappa shape index (κ3) is 4.34. The Bertz CT molecular complexity index is 418. The first kappa shape index (κ1) is 16.1. The Morgan fingerprint density at radius 3 is 2.90 bits per heavy atom. The summed E-state index contributed by atoms with van der Waals surface area (Å²) >= 11 is 1.52. The lowest BCUT2D eigenvalue weighted by Gasteiger charge is -2.33. The van der Waals surface area contributed by atoms with Gasteiger partial charge in [-0.05, 0) is 12.8 Å². The highest BCUT2D eigenvalue weighted by Gasteiger charge is 2.30. The summed E-state index contributed by atoms with van der Waals surface area (Å²) in [5, 5.41) is 2.77. The first-order chi connectivity index (χ1) is 10.1. The van der Waals surface area contributed by atoms with Gasteiger partial charge < -0.3 is 20.9 Å². The molecule has 3 N–H and O–H groups in total. The molecule has 118 valence electrons. The minimum absolute atomic E-state index is 0.0163. The van der Waals surface area contributed by atoms with Crippen LogP contribution in [0.5, 0.6) is 0 Å². The lowest BCUT2D eigenvalue weighted by Crippen LogP contribution is -2.49. The molecule has 1 unspecified atom stereocenters. The monoisotopic (exact) mass is 314 g/mol. The van der Waals surface area contributed by atoms with Crippen LogP contribution in [0.4, 0.5) is 0 Å². The highest BCUT2D eigenvalue weighted by molar-refractivity contribution is 8.00. The van der Waals surface area contributed by atoms with Gasteiger partial charge in [-0.3, -0.25) is 14.4 Å². The fourth-order valence-electron chi connectivity index (χ4n) is 2.56. The van der Waals surface area contributed by atoms with Crippen molar-refractivity contribution in [1.82, 2.24) is 15.1 Å². The lowest BCUT2D eigenvalue weighted by molar-refractivity contribution is -0.140. The zero-order valence-electron chi connectivity index (χ0n) is 12.0. The summed E-state index contributed by atoms with van der Waals surface area (Å²) in [5.41, 5.74) is 5.37. The molecule has 0 aromatic heterocycles. The Morgan fingerprint density at radius 1 is 1.43 bits per heavy atom. The first-order valence-electron chi connectivity index (χ1n) is 7.23. The molecule has 2 aliphatic rings. The van der Waals surface area contributed by atoms with Gasteiger partial charge in [0.25, 0.3) is 0 Å². The number of amides is 3. The van der Waals surface area contributed by atoms with E-state index in [1.165, 1.54) is 11.8 Å². The van der Waals surface area contributed by atoms with E-state index in [0.29, 0.717) is 37.8 Å². The van der Waals surface area contributed by atoms with Crippen LogP contribution in [0.25, 0.3) is 0 Å². The van der Waals surface area contributed by atoms with Crippen LogP contribution in [0.15, 0.2) is 0 Å². The Morgan fingerprint density at radius 2 is 2.24 bits per heavy atom. The van der Waals surface area contributed by atoms with Crippen molar-refractivity contribution in [1.29, 1.82) is 0 Å². The van der Waals surface area contributed by atoms with Crippen LogP contribution in [0, 0.1) is 5.92 Å². The molecule has 1 atom stereocenters. The van der Waals surface area contributed by atoms with Gasteiger partial charge in [-0.15, -0.1) is 11.8 Å². The first-order valence-corrected chi connectivity index (χ1v) is 8.38. The van der Waals surface area contributed by atoms with E-state index in [0.717, 1.165) is 12.8 Å². The quantitative estimate of drug-likeness (QED) is 0.667. The van der Waals surface area contributed by atoms with E-state index in [-0.39, 0.29) is 30.2 Å². The number of carbonyl (C=O) groups excluding carboxylic acids is 3. The van der Waals surface area contributed by atoms with Crippen LogP contribution in [0.1, 0.15) is 12.8 Å². The number of nitrogens with zero attached hydrogens (tertiary/aromatic N) is 2. The van der Waals surface area contributed by atoms with Crippen molar-refractivity contribution >= 4 is 29.5 Å². The average molecular weight is 314 g/mol. The molecule has 0 aromatic carbocycles. The molecule has 0 spiro atoms. The zero-order valence-corrected chi connectivity index (χ0v) is 12.9. The Labute approximate surface area is 128 Å². The number of carbonyl (C=O) groups is 3. The summed E-state index contributed by atoms with van der Waals surface area (Å²) in [6.07, 6.45) is 1.60. The predicted octanol–water partition coefficient (Wildman–Crippen LogP) is -1.17.